The summed E-state index contributed by atoms with van der Waals surface area (Å²) in [5.74, 6) is 0.829. The van der Waals surface area contributed by atoms with Crippen molar-refractivity contribution < 1.29 is 14.4 Å². The largest absolute Gasteiger partial charge is 0.497 e. The van der Waals surface area contributed by atoms with Gasteiger partial charge in [0.05, 0.1) is 20.2 Å². The van der Waals surface area contributed by atoms with Crippen LogP contribution in [-0.2, 0) is 11.3 Å². The summed E-state index contributed by atoms with van der Waals surface area (Å²) in [7, 11) is 3.70. The second-order valence-corrected chi connectivity index (χ2v) is 7.42. The fraction of sp³-hybridized carbons (Fsp3) is 0.240. The van der Waals surface area contributed by atoms with Gasteiger partial charge in [-0.3, -0.25) is 4.79 Å². The second-order valence-electron chi connectivity index (χ2n) is 7.42. The van der Waals surface area contributed by atoms with Crippen molar-refractivity contribution in [1.29, 1.82) is 0 Å². The van der Waals surface area contributed by atoms with E-state index in [2.05, 4.69) is 31.4 Å². The average molecular weight is 390 g/mol. The summed E-state index contributed by atoms with van der Waals surface area (Å²) < 4.78 is 5.26. The zero-order valence-electron chi connectivity index (χ0n) is 17.3. The first kappa shape index (κ1) is 20.6. The molecule has 4 nitrogen and oxygen atoms in total. The highest BCUT2D eigenvalue weighted by molar-refractivity contribution is 5.78. The van der Waals surface area contributed by atoms with Crippen LogP contribution in [0.15, 0.2) is 78.9 Å². The summed E-state index contributed by atoms with van der Waals surface area (Å²) in [4.78, 5) is 14.0. The van der Waals surface area contributed by atoms with Crippen LogP contribution >= 0.6 is 0 Å². The van der Waals surface area contributed by atoms with Crippen LogP contribution < -0.4 is 15.0 Å². The molecular weight excluding hydrogens is 360 g/mol. The molecule has 0 aromatic heterocycles. The quantitative estimate of drug-likeness (QED) is 0.622. The van der Waals surface area contributed by atoms with Gasteiger partial charge in [0.15, 0.2) is 6.54 Å². The van der Waals surface area contributed by atoms with E-state index in [-0.39, 0.29) is 11.9 Å². The standard InChI is InChI=1S/C25H28N2O2/c1-19-9-7-8-12-22(19)17-27(2)18-24(28)26-25(20-10-5-4-6-11-20)21-13-15-23(29-3)16-14-21/h4-16,25H,17-18H2,1-3H3,(H,26,28)/p+1/t25-/m0/s1. The van der Waals surface area contributed by atoms with E-state index in [4.69, 9.17) is 4.74 Å². The number of carbonyl (C=O) groups excluding carboxylic acids is 1. The van der Waals surface area contributed by atoms with E-state index >= 15 is 0 Å². The van der Waals surface area contributed by atoms with Gasteiger partial charge in [0.1, 0.15) is 12.3 Å². The summed E-state index contributed by atoms with van der Waals surface area (Å²) in [6.45, 7) is 3.34. The Morgan fingerprint density at radius 2 is 1.55 bits per heavy atom. The molecule has 3 aromatic carbocycles. The van der Waals surface area contributed by atoms with Gasteiger partial charge in [0.25, 0.3) is 5.91 Å². The third kappa shape index (κ3) is 5.69. The molecule has 0 saturated heterocycles. The zero-order chi connectivity index (χ0) is 20.6. The van der Waals surface area contributed by atoms with Crippen LogP contribution in [0, 0.1) is 6.92 Å². The van der Waals surface area contributed by atoms with Crippen molar-refractivity contribution in [3.8, 4) is 5.75 Å². The molecule has 1 amide bonds. The lowest BCUT2D eigenvalue weighted by atomic mass is 9.98. The van der Waals surface area contributed by atoms with Crippen LogP contribution in [0.3, 0.4) is 0 Å². The molecule has 0 saturated carbocycles. The van der Waals surface area contributed by atoms with Gasteiger partial charge in [0, 0.05) is 5.56 Å². The molecule has 0 heterocycles. The summed E-state index contributed by atoms with van der Waals surface area (Å²) >= 11 is 0. The van der Waals surface area contributed by atoms with Crippen molar-refractivity contribution in [1.82, 2.24) is 5.32 Å². The van der Waals surface area contributed by atoms with Crippen molar-refractivity contribution in [3.05, 3.63) is 101 Å². The molecule has 4 heteroatoms. The SMILES string of the molecule is COc1ccc([C@@H](NC(=O)C[NH+](C)Cc2ccccc2C)c2ccccc2)cc1. The number of methoxy groups -OCH3 is 1. The third-order valence-corrected chi connectivity index (χ3v) is 5.10. The predicted octanol–water partition coefficient (Wildman–Crippen LogP) is 2.92. The summed E-state index contributed by atoms with van der Waals surface area (Å²) in [5, 5.41) is 3.22. The lowest BCUT2D eigenvalue weighted by Gasteiger charge is -2.22. The lowest BCUT2D eigenvalue weighted by molar-refractivity contribution is -0.885. The first-order valence-electron chi connectivity index (χ1n) is 9.91. The maximum Gasteiger partial charge on any atom is 0.275 e. The molecular formula is C25H29N2O2+. The summed E-state index contributed by atoms with van der Waals surface area (Å²) in [6.07, 6.45) is 0. The van der Waals surface area contributed by atoms with Gasteiger partial charge in [-0.2, -0.15) is 0 Å². The number of aryl methyl sites for hydroxylation is 1. The molecule has 3 aromatic rings. The summed E-state index contributed by atoms with van der Waals surface area (Å²) in [5.41, 5.74) is 4.62. The third-order valence-electron chi connectivity index (χ3n) is 5.10. The molecule has 0 spiro atoms. The Morgan fingerprint density at radius 3 is 2.21 bits per heavy atom. The molecule has 1 unspecified atom stereocenters. The molecule has 0 aliphatic carbocycles. The van der Waals surface area contributed by atoms with Gasteiger partial charge >= 0.3 is 0 Å². The highest BCUT2D eigenvalue weighted by Gasteiger charge is 2.19. The lowest BCUT2D eigenvalue weighted by Crippen LogP contribution is -3.09. The van der Waals surface area contributed by atoms with Gasteiger partial charge in [0.2, 0.25) is 0 Å². The van der Waals surface area contributed by atoms with Crippen LogP contribution in [0.1, 0.15) is 28.3 Å². The minimum absolute atomic E-state index is 0.0285. The summed E-state index contributed by atoms with van der Waals surface area (Å²) in [6, 6.07) is 26.0. The van der Waals surface area contributed by atoms with E-state index in [0.29, 0.717) is 6.54 Å². The van der Waals surface area contributed by atoms with Crippen LogP contribution in [0.4, 0.5) is 0 Å². The van der Waals surface area contributed by atoms with Crippen LogP contribution in [0.25, 0.3) is 0 Å². The van der Waals surface area contributed by atoms with Crippen molar-refractivity contribution in [3.63, 3.8) is 0 Å². The van der Waals surface area contributed by atoms with E-state index in [1.54, 1.807) is 7.11 Å². The fourth-order valence-electron chi connectivity index (χ4n) is 3.48. The molecule has 2 N–H and O–H groups in total. The average Bonchev–Trinajstić information content (AvgIpc) is 2.74. The molecule has 0 aliphatic rings. The Hall–Kier alpha value is -3.11. The van der Waals surface area contributed by atoms with Crippen molar-refractivity contribution in [2.45, 2.75) is 19.5 Å². The van der Waals surface area contributed by atoms with Crippen LogP contribution in [0.5, 0.6) is 5.75 Å². The first-order valence-corrected chi connectivity index (χ1v) is 9.91. The molecule has 0 bridgehead atoms. The maximum atomic E-state index is 12.9. The highest BCUT2D eigenvalue weighted by atomic mass is 16.5. The minimum atomic E-state index is -0.194. The number of likely N-dealkylation sites (N-methyl/N-ethyl adjacent to an activating group) is 1. The molecule has 3 rings (SSSR count). The Labute approximate surface area is 173 Å². The Bertz CT molecular complexity index is 923. The van der Waals surface area contributed by atoms with E-state index in [1.165, 1.54) is 11.1 Å². The number of carbonyl (C=O) groups is 1. The number of amides is 1. The van der Waals surface area contributed by atoms with Crippen molar-refractivity contribution in [2.75, 3.05) is 20.7 Å². The number of hydrogen-bond donors (Lipinski definition) is 2. The minimum Gasteiger partial charge on any atom is -0.497 e. The normalized spacial score (nSPS) is 12.8. The van der Waals surface area contributed by atoms with Crippen LogP contribution in [0.2, 0.25) is 0 Å². The number of quaternary nitrogens is 1. The van der Waals surface area contributed by atoms with Crippen molar-refractivity contribution >= 4 is 5.91 Å². The van der Waals surface area contributed by atoms with E-state index in [0.717, 1.165) is 28.3 Å². The monoisotopic (exact) mass is 389 g/mol. The number of benzene rings is 3. The predicted molar refractivity (Wildman–Crippen MR) is 116 cm³/mol. The number of ether oxygens (including phenoxy) is 1. The Balaban J connectivity index is 1.71. The Morgan fingerprint density at radius 1 is 0.931 bits per heavy atom. The number of rotatable bonds is 8. The number of nitrogens with one attached hydrogen (secondary N) is 2. The second kappa shape index (κ2) is 9.89. The van der Waals surface area contributed by atoms with E-state index in [1.807, 2.05) is 66.7 Å². The smallest absolute Gasteiger partial charge is 0.275 e. The fourth-order valence-corrected chi connectivity index (χ4v) is 3.48. The topological polar surface area (TPSA) is 42.8 Å². The van der Waals surface area contributed by atoms with Gasteiger partial charge in [-0.05, 0) is 35.7 Å². The molecule has 0 aliphatic heterocycles. The maximum absolute atomic E-state index is 12.9. The van der Waals surface area contributed by atoms with Crippen LogP contribution in [-0.4, -0.2) is 26.6 Å². The Kier molecular flexibility index (Phi) is 7.04. The van der Waals surface area contributed by atoms with E-state index < -0.39 is 0 Å². The van der Waals surface area contributed by atoms with Gasteiger partial charge in [-0.25, -0.2) is 0 Å². The van der Waals surface area contributed by atoms with Crippen molar-refractivity contribution in [2.24, 2.45) is 0 Å². The molecule has 0 fully saturated rings. The van der Waals surface area contributed by atoms with E-state index in [9.17, 15) is 4.79 Å². The first-order chi connectivity index (χ1) is 14.1. The van der Waals surface area contributed by atoms with Gasteiger partial charge < -0.3 is 15.0 Å². The molecule has 29 heavy (non-hydrogen) atoms. The molecule has 150 valence electrons. The highest BCUT2D eigenvalue weighted by Crippen LogP contribution is 2.24. The molecule has 2 atom stereocenters. The zero-order valence-corrected chi connectivity index (χ0v) is 17.3. The van der Waals surface area contributed by atoms with Gasteiger partial charge in [-0.1, -0.05) is 66.7 Å². The van der Waals surface area contributed by atoms with Gasteiger partial charge in [-0.15, -0.1) is 0 Å². The number of hydrogen-bond acceptors (Lipinski definition) is 2. The molecule has 0 radical (unpaired) electrons.